The van der Waals surface area contributed by atoms with Crippen molar-refractivity contribution in [3.8, 4) is 0 Å². The average Bonchev–Trinajstić information content (AvgIpc) is 2.42. The van der Waals surface area contributed by atoms with Crippen molar-refractivity contribution in [2.24, 2.45) is 0 Å². The van der Waals surface area contributed by atoms with E-state index in [9.17, 15) is 4.79 Å². The van der Waals surface area contributed by atoms with Crippen LogP contribution in [0, 0.1) is 0 Å². The molecule has 0 aliphatic carbocycles. The number of likely N-dealkylation sites (N-methyl/N-ethyl adjacent to an activating group) is 1. The summed E-state index contributed by atoms with van der Waals surface area (Å²) in [6.07, 6.45) is 10.3. The standard InChI is InChI=1S/C14H20N4O/c1-5-6-8-18(4)14-15-10-12(11-16-14)13(19)7-9-17(2)3/h5-7,9-11H,8H2,1-4H3/b6-5+,9-7+. The summed E-state index contributed by atoms with van der Waals surface area (Å²) < 4.78 is 0. The Hall–Kier alpha value is -2.17. The van der Waals surface area contributed by atoms with Crippen LogP contribution in [0.1, 0.15) is 17.3 Å². The van der Waals surface area contributed by atoms with Crippen molar-refractivity contribution in [2.45, 2.75) is 6.92 Å². The fourth-order valence-corrected chi connectivity index (χ4v) is 1.30. The van der Waals surface area contributed by atoms with Crippen LogP contribution in [0.4, 0.5) is 5.95 Å². The van der Waals surface area contributed by atoms with E-state index >= 15 is 0 Å². The second kappa shape index (κ2) is 7.31. The number of ketones is 1. The lowest BCUT2D eigenvalue weighted by atomic mass is 10.2. The molecule has 0 spiro atoms. The van der Waals surface area contributed by atoms with Crippen LogP contribution in [0.2, 0.25) is 0 Å². The summed E-state index contributed by atoms with van der Waals surface area (Å²) in [6.45, 7) is 2.71. The molecule has 1 rings (SSSR count). The van der Waals surface area contributed by atoms with E-state index < -0.39 is 0 Å². The third-order valence-electron chi connectivity index (χ3n) is 2.40. The SMILES string of the molecule is C/C=C/CN(C)c1ncc(C(=O)/C=C/N(C)C)cn1. The highest BCUT2D eigenvalue weighted by molar-refractivity contribution is 6.04. The van der Waals surface area contributed by atoms with Crippen LogP contribution in [-0.2, 0) is 0 Å². The fourth-order valence-electron chi connectivity index (χ4n) is 1.30. The summed E-state index contributed by atoms with van der Waals surface area (Å²) in [5, 5.41) is 0. The molecule has 5 nitrogen and oxygen atoms in total. The van der Waals surface area contributed by atoms with Crippen LogP contribution in [0.15, 0.2) is 36.8 Å². The number of aromatic nitrogens is 2. The molecule has 0 saturated heterocycles. The molecule has 1 aromatic heterocycles. The van der Waals surface area contributed by atoms with Crippen molar-refractivity contribution in [3.05, 3.63) is 42.4 Å². The van der Waals surface area contributed by atoms with E-state index in [2.05, 4.69) is 9.97 Å². The minimum Gasteiger partial charge on any atom is -0.383 e. The zero-order chi connectivity index (χ0) is 14.3. The first kappa shape index (κ1) is 14.9. The van der Waals surface area contributed by atoms with Gasteiger partial charge in [0.05, 0.1) is 5.56 Å². The fraction of sp³-hybridized carbons (Fsp3) is 0.357. The monoisotopic (exact) mass is 260 g/mol. The van der Waals surface area contributed by atoms with Gasteiger partial charge in [-0.15, -0.1) is 0 Å². The Kier molecular flexibility index (Phi) is 5.73. The van der Waals surface area contributed by atoms with Gasteiger partial charge in [0.2, 0.25) is 5.95 Å². The molecule has 0 bridgehead atoms. The van der Waals surface area contributed by atoms with E-state index in [-0.39, 0.29) is 5.78 Å². The number of carbonyl (C=O) groups is 1. The molecule has 0 N–H and O–H groups in total. The lowest BCUT2D eigenvalue weighted by Gasteiger charge is -2.14. The van der Waals surface area contributed by atoms with Crippen molar-refractivity contribution in [3.63, 3.8) is 0 Å². The van der Waals surface area contributed by atoms with Gasteiger partial charge in [-0.3, -0.25) is 4.79 Å². The van der Waals surface area contributed by atoms with Crippen molar-refractivity contribution in [2.75, 3.05) is 32.6 Å². The lowest BCUT2D eigenvalue weighted by molar-refractivity contribution is 0.104. The first-order valence-corrected chi connectivity index (χ1v) is 6.08. The Morgan fingerprint density at radius 2 is 1.89 bits per heavy atom. The predicted molar refractivity (Wildman–Crippen MR) is 77.3 cm³/mol. The highest BCUT2D eigenvalue weighted by Gasteiger charge is 2.06. The van der Waals surface area contributed by atoms with Gasteiger partial charge in [0.15, 0.2) is 5.78 Å². The Morgan fingerprint density at radius 1 is 1.26 bits per heavy atom. The Labute approximate surface area is 114 Å². The second-order valence-electron chi connectivity index (χ2n) is 4.36. The topological polar surface area (TPSA) is 49.3 Å². The first-order valence-electron chi connectivity index (χ1n) is 6.08. The average molecular weight is 260 g/mol. The summed E-state index contributed by atoms with van der Waals surface area (Å²) in [5.74, 6) is 0.502. The molecule has 0 fully saturated rings. The molecular weight excluding hydrogens is 240 g/mol. The molecule has 102 valence electrons. The number of allylic oxidation sites excluding steroid dienone is 2. The Morgan fingerprint density at radius 3 is 2.42 bits per heavy atom. The van der Waals surface area contributed by atoms with Crippen LogP contribution < -0.4 is 4.90 Å². The molecule has 0 unspecified atom stereocenters. The quantitative estimate of drug-likeness (QED) is 0.443. The van der Waals surface area contributed by atoms with Gasteiger partial charge in [-0.25, -0.2) is 9.97 Å². The number of nitrogens with zero attached hydrogens (tertiary/aromatic N) is 4. The second-order valence-corrected chi connectivity index (χ2v) is 4.36. The Balaban J connectivity index is 2.73. The summed E-state index contributed by atoms with van der Waals surface area (Å²) in [7, 11) is 5.63. The van der Waals surface area contributed by atoms with Crippen LogP contribution in [0.5, 0.6) is 0 Å². The summed E-state index contributed by atoms with van der Waals surface area (Å²) >= 11 is 0. The molecule has 0 atom stereocenters. The number of rotatable bonds is 6. The number of hydrogen-bond donors (Lipinski definition) is 0. The maximum absolute atomic E-state index is 11.8. The highest BCUT2D eigenvalue weighted by atomic mass is 16.1. The summed E-state index contributed by atoms with van der Waals surface area (Å²) in [5.41, 5.74) is 0.487. The van der Waals surface area contributed by atoms with Gasteiger partial charge in [-0.2, -0.15) is 0 Å². The van der Waals surface area contributed by atoms with E-state index in [0.29, 0.717) is 11.5 Å². The van der Waals surface area contributed by atoms with Crippen molar-refractivity contribution in [1.29, 1.82) is 0 Å². The molecule has 0 radical (unpaired) electrons. The van der Waals surface area contributed by atoms with Crippen LogP contribution in [-0.4, -0.2) is 48.3 Å². The molecule has 0 aliphatic heterocycles. The molecule has 1 heterocycles. The van der Waals surface area contributed by atoms with Crippen LogP contribution in [0.25, 0.3) is 0 Å². The summed E-state index contributed by atoms with van der Waals surface area (Å²) in [4.78, 5) is 23.9. The van der Waals surface area contributed by atoms with E-state index in [1.165, 1.54) is 6.08 Å². The maximum atomic E-state index is 11.8. The number of carbonyl (C=O) groups excluding carboxylic acids is 1. The lowest BCUT2D eigenvalue weighted by Crippen LogP contribution is -2.19. The van der Waals surface area contributed by atoms with Gasteiger partial charge in [-0.1, -0.05) is 12.2 Å². The molecule has 0 saturated carbocycles. The van der Waals surface area contributed by atoms with E-state index in [1.54, 1.807) is 23.5 Å². The summed E-state index contributed by atoms with van der Waals surface area (Å²) in [6, 6.07) is 0. The van der Waals surface area contributed by atoms with Gasteiger partial charge >= 0.3 is 0 Å². The zero-order valence-electron chi connectivity index (χ0n) is 11.9. The molecule has 19 heavy (non-hydrogen) atoms. The van der Waals surface area contributed by atoms with Gasteiger partial charge in [0, 0.05) is 52.4 Å². The van der Waals surface area contributed by atoms with Crippen LogP contribution in [0.3, 0.4) is 0 Å². The smallest absolute Gasteiger partial charge is 0.225 e. The maximum Gasteiger partial charge on any atom is 0.225 e. The highest BCUT2D eigenvalue weighted by Crippen LogP contribution is 2.06. The number of anilines is 1. The molecule has 1 aromatic rings. The van der Waals surface area contributed by atoms with Crippen molar-refractivity contribution in [1.82, 2.24) is 14.9 Å². The molecular formula is C14H20N4O. The molecule has 0 aromatic carbocycles. The van der Waals surface area contributed by atoms with Crippen LogP contribution >= 0.6 is 0 Å². The predicted octanol–water partition coefficient (Wildman–Crippen LogP) is 1.75. The van der Waals surface area contributed by atoms with E-state index in [4.69, 9.17) is 0 Å². The molecule has 0 aliphatic rings. The van der Waals surface area contributed by atoms with Gasteiger partial charge < -0.3 is 9.80 Å². The molecule has 0 amide bonds. The Bertz CT molecular complexity index is 463. The van der Waals surface area contributed by atoms with E-state index in [0.717, 1.165) is 6.54 Å². The minimum atomic E-state index is -0.101. The largest absolute Gasteiger partial charge is 0.383 e. The third kappa shape index (κ3) is 4.91. The third-order valence-corrected chi connectivity index (χ3v) is 2.40. The number of hydrogen-bond acceptors (Lipinski definition) is 5. The molecule has 5 heteroatoms. The van der Waals surface area contributed by atoms with E-state index in [1.807, 2.05) is 45.1 Å². The van der Waals surface area contributed by atoms with Gasteiger partial charge in [0.25, 0.3) is 0 Å². The normalized spacial score (nSPS) is 11.2. The minimum absolute atomic E-state index is 0.101. The zero-order valence-corrected chi connectivity index (χ0v) is 11.9. The van der Waals surface area contributed by atoms with Crippen molar-refractivity contribution >= 4 is 11.7 Å². The van der Waals surface area contributed by atoms with Gasteiger partial charge in [0.1, 0.15) is 0 Å². The van der Waals surface area contributed by atoms with Gasteiger partial charge in [-0.05, 0) is 6.92 Å². The first-order chi connectivity index (χ1) is 9.04. The van der Waals surface area contributed by atoms with Crippen molar-refractivity contribution < 1.29 is 4.79 Å².